The molecule has 0 aromatic heterocycles. The van der Waals surface area contributed by atoms with E-state index in [1.165, 1.54) is 0 Å². The summed E-state index contributed by atoms with van der Waals surface area (Å²) in [6.45, 7) is 5.12. The summed E-state index contributed by atoms with van der Waals surface area (Å²) >= 11 is 0. The first-order valence-corrected chi connectivity index (χ1v) is 9.94. The fraction of sp³-hybridized carbons (Fsp3) is 0.842. The smallest absolute Gasteiger partial charge is 0.411 e. The molecule has 1 aliphatic carbocycles. The van der Waals surface area contributed by atoms with E-state index in [0.29, 0.717) is 13.0 Å². The van der Waals surface area contributed by atoms with E-state index >= 15 is 0 Å². The zero-order valence-corrected chi connectivity index (χ0v) is 16.7. The van der Waals surface area contributed by atoms with Crippen molar-refractivity contribution in [3.8, 4) is 0 Å². The quantitative estimate of drug-likeness (QED) is 0.729. The second-order valence-corrected chi connectivity index (χ2v) is 9.02. The summed E-state index contributed by atoms with van der Waals surface area (Å²) in [5, 5.41) is 12.4. The van der Waals surface area contributed by atoms with Crippen LogP contribution in [0.5, 0.6) is 0 Å². The van der Waals surface area contributed by atoms with Gasteiger partial charge in [-0.2, -0.15) is 0 Å². The molecule has 0 aromatic rings. The number of aliphatic hydroxyl groups excluding tert-OH is 1. The SMILES string of the molecule is CC(C)(C)OC(=O)N1C[C@@H](F)C[C@H]1C(=O)N[C@@H]1C[C@H](CO)N(C(=O)C2CC2)C1. The molecule has 2 saturated heterocycles. The fourth-order valence-electron chi connectivity index (χ4n) is 3.88. The number of nitrogens with zero attached hydrogens (tertiary/aromatic N) is 2. The monoisotopic (exact) mass is 399 g/mol. The van der Waals surface area contributed by atoms with Gasteiger partial charge in [-0.15, -0.1) is 0 Å². The minimum atomic E-state index is -1.29. The highest BCUT2D eigenvalue weighted by Gasteiger charge is 2.45. The molecule has 1 saturated carbocycles. The number of halogens is 1. The summed E-state index contributed by atoms with van der Waals surface area (Å²) in [5.74, 6) is -0.391. The van der Waals surface area contributed by atoms with Gasteiger partial charge in [0, 0.05) is 24.9 Å². The molecule has 158 valence electrons. The van der Waals surface area contributed by atoms with Crippen molar-refractivity contribution in [2.75, 3.05) is 19.7 Å². The zero-order valence-electron chi connectivity index (χ0n) is 16.7. The Bertz CT molecular complexity index is 634. The Morgan fingerprint density at radius 2 is 1.82 bits per heavy atom. The molecule has 2 aliphatic heterocycles. The average molecular weight is 399 g/mol. The van der Waals surface area contributed by atoms with E-state index in [1.54, 1.807) is 25.7 Å². The van der Waals surface area contributed by atoms with Gasteiger partial charge in [-0.1, -0.05) is 0 Å². The van der Waals surface area contributed by atoms with Gasteiger partial charge >= 0.3 is 6.09 Å². The summed E-state index contributed by atoms with van der Waals surface area (Å²) in [7, 11) is 0. The molecule has 0 spiro atoms. The van der Waals surface area contributed by atoms with Crippen LogP contribution in [-0.2, 0) is 14.3 Å². The fourth-order valence-corrected chi connectivity index (χ4v) is 3.88. The molecule has 0 radical (unpaired) electrons. The molecule has 4 atom stereocenters. The molecule has 8 nitrogen and oxygen atoms in total. The first kappa shape index (κ1) is 20.8. The largest absolute Gasteiger partial charge is 0.444 e. The first-order valence-electron chi connectivity index (χ1n) is 9.94. The second kappa shape index (κ2) is 7.85. The van der Waals surface area contributed by atoms with Gasteiger partial charge in [0.25, 0.3) is 0 Å². The number of hydrogen-bond donors (Lipinski definition) is 2. The van der Waals surface area contributed by atoms with Crippen molar-refractivity contribution >= 4 is 17.9 Å². The lowest BCUT2D eigenvalue weighted by Crippen LogP contribution is -2.50. The van der Waals surface area contributed by atoms with Crippen LogP contribution in [0, 0.1) is 5.92 Å². The molecule has 0 bridgehead atoms. The number of hydrogen-bond acceptors (Lipinski definition) is 5. The topological polar surface area (TPSA) is 99.2 Å². The molecule has 3 amide bonds. The van der Waals surface area contributed by atoms with Gasteiger partial charge < -0.3 is 20.1 Å². The van der Waals surface area contributed by atoms with Crippen molar-refractivity contribution in [3.05, 3.63) is 0 Å². The Hall–Kier alpha value is -1.90. The van der Waals surface area contributed by atoms with Crippen LogP contribution < -0.4 is 5.32 Å². The van der Waals surface area contributed by atoms with Crippen LogP contribution in [0.1, 0.15) is 46.5 Å². The van der Waals surface area contributed by atoms with Crippen LogP contribution in [0.25, 0.3) is 0 Å². The molecule has 2 heterocycles. The predicted molar refractivity (Wildman–Crippen MR) is 98.1 cm³/mol. The van der Waals surface area contributed by atoms with E-state index in [4.69, 9.17) is 4.74 Å². The van der Waals surface area contributed by atoms with Gasteiger partial charge in [0.1, 0.15) is 17.8 Å². The molecular weight excluding hydrogens is 369 g/mol. The van der Waals surface area contributed by atoms with Crippen LogP contribution in [0.4, 0.5) is 9.18 Å². The summed E-state index contributed by atoms with van der Waals surface area (Å²) in [6, 6.07) is -1.59. The standard InChI is InChI=1S/C19H30FN3O5/c1-19(2,3)28-18(27)23-8-12(20)6-15(23)16(25)21-13-7-14(10-24)22(9-13)17(26)11-4-5-11/h11-15,24H,4-10H2,1-3H3,(H,21,25)/t12-,13+,14+,15-/m0/s1. The molecule has 3 rings (SSSR count). The van der Waals surface area contributed by atoms with Crippen LogP contribution in [0.3, 0.4) is 0 Å². The molecular formula is C19H30FN3O5. The van der Waals surface area contributed by atoms with Crippen molar-refractivity contribution in [1.82, 2.24) is 15.1 Å². The third-order valence-corrected chi connectivity index (χ3v) is 5.36. The number of alkyl halides is 1. The Morgan fingerprint density at radius 1 is 1.14 bits per heavy atom. The zero-order chi connectivity index (χ0) is 20.6. The minimum absolute atomic E-state index is 0.0240. The van der Waals surface area contributed by atoms with Gasteiger partial charge in [-0.05, 0) is 40.0 Å². The van der Waals surface area contributed by atoms with Gasteiger partial charge in [-0.3, -0.25) is 14.5 Å². The van der Waals surface area contributed by atoms with E-state index < -0.39 is 29.8 Å². The molecule has 9 heteroatoms. The van der Waals surface area contributed by atoms with Crippen molar-refractivity contribution in [2.45, 2.75) is 76.4 Å². The molecule has 3 aliphatic rings. The van der Waals surface area contributed by atoms with E-state index in [-0.39, 0.29) is 43.5 Å². The third kappa shape index (κ3) is 4.74. The summed E-state index contributed by atoms with van der Waals surface area (Å²) in [4.78, 5) is 40.2. The van der Waals surface area contributed by atoms with Crippen molar-refractivity contribution in [1.29, 1.82) is 0 Å². The summed E-state index contributed by atoms with van der Waals surface area (Å²) < 4.78 is 19.2. The van der Waals surface area contributed by atoms with Gasteiger partial charge in [0.05, 0.1) is 19.2 Å². The Balaban J connectivity index is 1.61. The Kier molecular flexibility index (Phi) is 5.84. The van der Waals surface area contributed by atoms with Crippen LogP contribution in [-0.4, -0.2) is 82.4 Å². The second-order valence-electron chi connectivity index (χ2n) is 9.02. The van der Waals surface area contributed by atoms with E-state index in [9.17, 15) is 23.9 Å². The number of ether oxygens (including phenoxy) is 1. The minimum Gasteiger partial charge on any atom is -0.444 e. The normalized spacial score (nSPS) is 30.5. The Morgan fingerprint density at radius 3 is 2.39 bits per heavy atom. The van der Waals surface area contributed by atoms with E-state index in [1.807, 2.05) is 0 Å². The number of likely N-dealkylation sites (tertiary alicyclic amines) is 2. The lowest BCUT2D eigenvalue weighted by atomic mass is 10.1. The van der Waals surface area contributed by atoms with E-state index in [2.05, 4.69) is 5.32 Å². The summed E-state index contributed by atoms with van der Waals surface area (Å²) in [5.41, 5.74) is -0.740. The summed E-state index contributed by atoms with van der Waals surface area (Å²) in [6.07, 6.45) is 0.109. The highest BCUT2D eigenvalue weighted by Crippen LogP contribution is 2.34. The molecule has 3 fully saturated rings. The van der Waals surface area contributed by atoms with Gasteiger partial charge in [-0.25, -0.2) is 9.18 Å². The average Bonchev–Trinajstić information content (AvgIpc) is 3.25. The maximum atomic E-state index is 14.0. The molecule has 0 unspecified atom stereocenters. The lowest BCUT2D eigenvalue weighted by Gasteiger charge is -2.28. The number of amides is 3. The first-order chi connectivity index (χ1) is 13.1. The maximum Gasteiger partial charge on any atom is 0.411 e. The number of nitrogens with one attached hydrogen (secondary N) is 1. The molecule has 0 aromatic carbocycles. The predicted octanol–water partition coefficient (Wildman–Crippen LogP) is 0.822. The van der Waals surface area contributed by atoms with Crippen molar-refractivity contribution in [3.63, 3.8) is 0 Å². The highest BCUT2D eigenvalue weighted by molar-refractivity contribution is 5.87. The lowest BCUT2D eigenvalue weighted by molar-refractivity contribution is -0.134. The van der Waals surface area contributed by atoms with Crippen LogP contribution in [0.2, 0.25) is 0 Å². The Labute approximate surface area is 164 Å². The highest BCUT2D eigenvalue weighted by atomic mass is 19.1. The van der Waals surface area contributed by atoms with Crippen molar-refractivity contribution in [2.24, 2.45) is 5.92 Å². The number of rotatable bonds is 4. The van der Waals surface area contributed by atoms with Crippen molar-refractivity contribution < 1.29 is 28.6 Å². The number of carbonyl (C=O) groups excluding carboxylic acids is 3. The van der Waals surface area contributed by atoms with Gasteiger partial charge in [0.2, 0.25) is 11.8 Å². The maximum absolute atomic E-state index is 14.0. The third-order valence-electron chi connectivity index (χ3n) is 5.36. The van der Waals surface area contributed by atoms with Crippen LogP contribution >= 0.6 is 0 Å². The molecule has 2 N–H and O–H groups in total. The van der Waals surface area contributed by atoms with E-state index in [0.717, 1.165) is 17.7 Å². The number of carbonyl (C=O) groups is 3. The molecule has 28 heavy (non-hydrogen) atoms. The van der Waals surface area contributed by atoms with Gasteiger partial charge in [0.15, 0.2) is 0 Å². The number of aliphatic hydroxyl groups is 1. The van der Waals surface area contributed by atoms with Crippen LogP contribution in [0.15, 0.2) is 0 Å².